The average Bonchev–Trinajstić information content (AvgIpc) is 3.14. The van der Waals surface area contributed by atoms with E-state index in [1.165, 1.54) is 7.11 Å². The lowest BCUT2D eigenvalue weighted by atomic mass is 10.1. The van der Waals surface area contributed by atoms with Crippen LogP contribution in [0.3, 0.4) is 0 Å². The van der Waals surface area contributed by atoms with Crippen molar-refractivity contribution in [3.63, 3.8) is 0 Å². The summed E-state index contributed by atoms with van der Waals surface area (Å²) >= 11 is 7.40. The number of carbonyl (C=O) groups excluding carboxylic acids is 1. The Morgan fingerprint density at radius 1 is 1.22 bits per heavy atom. The van der Waals surface area contributed by atoms with Gasteiger partial charge in [-0.05, 0) is 29.8 Å². The van der Waals surface area contributed by atoms with Gasteiger partial charge in [0.05, 0.1) is 24.4 Å². The number of halogens is 3. The first-order chi connectivity index (χ1) is 13.0. The molecule has 5 nitrogen and oxygen atoms in total. The number of anilines is 1. The summed E-state index contributed by atoms with van der Waals surface area (Å²) in [6.45, 7) is 0.236. The molecule has 0 radical (unpaired) electrons. The predicted molar refractivity (Wildman–Crippen MR) is 98.7 cm³/mol. The summed E-state index contributed by atoms with van der Waals surface area (Å²) in [4.78, 5) is 26.2. The van der Waals surface area contributed by atoms with Gasteiger partial charge >= 0.3 is 0 Å². The fourth-order valence-corrected chi connectivity index (χ4v) is 3.50. The normalized spacial score (nSPS) is 10.8. The van der Waals surface area contributed by atoms with E-state index in [0.717, 1.165) is 34.2 Å². The third-order valence-electron chi connectivity index (χ3n) is 3.56. The lowest BCUT2D eigenvalue weighted by molar-refractivity contribution is -0.282. The third-order valence-corrected chi connectivity index (χ3v) is 5.01. The van der Waals surface area contributed by atoms with Crippen molar-refractivity contribution in [3.8, 4) is 10.4 Å². The molecule has 0 atom stereocenters. The van der Waals surface area contributed by atoms with Crippen LogP contribution in [0.2, 0.25) is 5.02 Å². The number of hydrogen-bond acceptors (Lipinski definition) is 5. The summed E-state index contributed by atoms with van der Waals surface area (Å²) in [5.41, 5.74) is 0.998. The molecule has 3 rings (SSSR count). The number of pyridine rings is 1. The number of nitrogens with one attached hydrogen (secondary N) is 1. The summed E-state index contributed by atoms with van der Waals surface area (Å²) in [6, 6.07) is 8.59. The van der Waals surface area contributed by atoms with Gasteiger partial charge in [-0.1, -0.05) is 17.7 Å². The Hall–Kier alpha value is -2.39. The fraction of sp³-hybridized carbons (Fsp3) is 0.111. The number of hydrogen-bond donors (Lipinski definition) is 1. The molecular formula is C18H13ClF2N2O3S. The van der Waals surface area contributed by atoms with E-state index in [9.17, 15) is 13.6 Å². The molecule has 27 heavy (non-hydrogen) atoms. The number of carbonyl (C=O) groups is 1. The highest BCUT2D eigenvalue weighted by molar-refractivity contribution is 7.17. The largest absolute Gasteiger partial charge is 0.316 e. The molecule has 0 spiro atoms. The maximum absolute atomic E-state index is 13.6. The maximum atomic E-state index is 13.6. The Bertz CT molecular complexity index is 961. The van der Waals surface area contributed by atoms with Crippen LogP contribution in [-0.2, 0) is 16.4 Å². The molecule has 0 bridgehead atoms. The standard InChI is InChI=1S/C18H13ClF2N2O3S/c1-25-26-9-10-2-3-12(19)11(6-10)15-4-5-16(27-15)18(24)23-17-13(20)7-22-8-14(17)21/h2-8H,9H2,1H3,(H,22,23,24). The third kappa shape index (κ3) is 4.48. The minimum atomic E-state index is -0.950. The molecular weight excluding hydrogens is 398 g/mol. The van der Waals surface area contributed by atoms with Crippen LogP contribution in [0.25, 0.3) is 10.4 Å². The van der Waals surface area contributed by atoms with Crippen molar-refractivity contribution in [3.05, 3.63) is 69.8 Å². The topological polar surface area (TPSA) is 60.5 Å². The lowest BCUT2D eigenvalue weighted by Gasteiger charge is -2.06. The molecule has 1 amide bonds. The quantitative estimate of drug-likeness (QED) is 0.455. The van der Waals surface area contributed by atoms with Crippen molar-refractivity contribution < 1.29 is 23.4 Å². The first-order valence-electron chi connectivity index (χ1n) is 7.64. The number of rotatable bonds is 6. The Labute approximate surface area is 162 Å². The Balaban J connectivity index is 1.83. The summed E-state index contributed by atoms with van der Waals surface area (Å²) in [7, 11) is 1.41. The zero-order chi connectivity index (χ0) is 19.4. The molecule has 0 saturated heterocycles. The average molecular weight is 411 g/mol. The number of aromatic nitrogens is 1. The van der Waals surface area contributed by atoms with E-state index in [4.69, 9.17) is 16.5 Å². The van der Waals surface area contributed by atoms with E-state index in [1.54, 1.807) is 24.3 Å². The monoisotopic (exact) mass is 410 g/mol. The van der Waals surface area contributed by atoms with Crippen molar-refractivity contribution >= 4 is 34.5 Å². The van der Waals surface area contributed by atoms with E-state index in [0.29, 0.717) is 10.6 Å². The Morgan fingerprint density at radius 3 is 2.67 bits per heavy atom. The van der Waals surface area contributed by atoms with Crippen molar-refractivity contribution in [2.24, 2.45) is 0 Å². The molecule has 0 aliphatic rings. The zero-order valence-electron chi connectivity index (χ0n) is 14.0. The first-order valence-corrected chi connectivity index (χ1v) is 8.83. The maximum Gasteiger partial charge on any atom is 0.265 e. The second kappa shape index (κ2) is 8.53. The summed E-state index contributed by atoms with van der Waals surface area (Å²) in [5.74, 6) is -2.53. The van der Waals surface area contributed by atoms with Gasteiger partial charge in [-0.25, -0.2) is 18.6 Å². The van der Waals surface area contributed by atoms with E-state index in [-0.39, 0.29) is 11.5 Å². The van der Waals surface area contributed by atoms with Gasteiger partial charge in [0.2, 0.25) is 0 Å². The smallest absolute Gasteiger partial charge is 0.265 e. The SMILES string of the molecule is COOCc1ccc(Cl)c(-c2ccc(C(=O)Nc3c(F)cncc3F)s2)c1. The minimum absolute atomic E-state index is 0.236. The van der Waals surface area contributed by atoms with Crippen LogP contribution in [0.5, 0.6) is 0 Å². The summed E-state index contributed by atoms with van der Waals surface area (Å²) in [5, 5.41) is 2.72. The molecule has 2 aromatic heterocycles. The Kier molecular flexibility index (Phi) is 6.12. The van der Waals surface area contributed by atoms with Crippen LogP contribution < -0.4 is 5.32 Å². The van der Waals surface area contributed by atoms with Gasteiger partial charge < -0.3 is 5.32 Å². The van der Waals surface area contributed by atoms with Gasteiger partial charge in [0.15, 0.2) is 11.6 Å². The number of nitrogens with zero attached hydrogens (tertiary/aromatic N) is 1. The number of benzene rings is 1. The molecule has 9 heteroatoms. The van der Waals surface area contributed by atoms with Gasteiger partial charge in [0.1, 0.15) is 12.3 Å². The van der Waals surface area contributed by atoms with Crippen LogP contribution in [0.4, 0.5) is 14.5 Å². The van der Waals surface area contributed by atoms with Crippen LogP contribution in [0.15, 0.2) is 42.7 Å². The molecule has 0 aliphatic carbocycles. The van der Waals surface area contributed by atoms with Crippen LogP contribution >= 0.6 is 22.9 Å². The molecule has 1 aromatic carbocycles. The van der Waals surface area contributed by atoms with Crippen molar-refractivity contribution in [2.45, 2.75) is 6.61 Å². The van der Waals surface area contributed by atoms with Gasteiger partial charge in [-0.3, -0.25) is 9.78 Å². The van der Waals surface area contributed by atoms with Gasteiger partial charge in [-0.2, -0.15) is 0 Å². The van der Waals surface area contributed by atoms with Gasteiger partial charge in [0.25, 0.3) is 5.91 Å². The molecule has 1 N–H and O–H groups in total. The first kappa shape index (κ1) is 19.4. The molecule has 140 valence electrons. The number of amides is 1. The zero-order valence-corrected chi connectivity index (χ0v) is 15.5. The van der Waals surface area contributed by atoms with E-state index in [1.807, 2.05) is 6.07 Å². The van der Waals surface area contributed by atoms with Crippen LogP contribution in [0, 0.1) is 11.6 Å². The fourth-order valence-electron chi connectivity index (χ4n) is 2.29. The Morgan fingerprint density at radius 2 is 1.96 bits per heavy atom. The molecule has 3 aromatic rings. The van der Waals surface area contributed by atoms with Gasteiger partial charge in [0, 0.05) is 15.5 Å². The minimum Gasteiger partial charge on any atom is -0.316 e. The summed E-state index contributed by atoms with van der Waals surface area (Å²) < 4.78 is 27.3. The van der Waals surface area contributed by atoms with Crippen LogP contribution in [-0.4, -0.2) is 18.0 Å². The molecule has 0 aliphatic heterocycles. The summed E-state index contributed by atoms with van der Waals surface area (Å²) in [6.07, 6.45) is 1.65. The van der Waals surface area contributed by atoms with E-state index >= 15 is 0 Å². The van der Waals surface area contributed by atoms with E-state index < -0.39 is 23.2 Å². The van der Waals surface area contributed by atoms with Gasteiger partial charge in [-0.15, -0.1) is 11.3 Å². The van der Waals surface area contributed by atoms with Crippen molar-refractivity contribution in [1.82, 2.24) is 4.98 Å². The predicted octanol–water partition coefficient (Wildman–Crippen LogP) is 5.07. The second-order valence-electron chi connectivity index (χ2n) is 5.34. The van der Waals surface area contributed by atoms with Crippen molar-refractivity contribution in [2.75, 3.05) is 12.4 Å². The van der Waals surface area contributed by atoms with Crippen molar-refractivity contribution in [1.29, 1.82) is 0 Å². The number of thiophene rings is 1. The molecule has 0 saturated carbocycles. The molecule has 0 fully saturated rings. The lowest BCUT2D eigenvalue weighted by Crippen LogP contribution is -2.13. The second-order valence-corrected chi connectivity index (χ2v) is 6.83. The molecule has 0 unspecified atom stereocenters. The van der Waals surface area contributed by atoms with Crippen LogP contribution in [0.1, 0.15) is 15.2 Å². The van der Waals surface area contributed by atoms with E-state index in [2.05, 4.69) is 15.2 Å². The highest BCUT2D eigenvalue weighted by atomic mass is 35.5. The highest BCUT2D eigenvalue weighted by Gasteiger charge is 2.17. The molecule has 2 heterocycles. The highest BCUT2D eigenvalue weighted by Crippen LogP contribution is 2.34.